The minimum atomic E-state index is -3.08. The third-order valence-electron chi connectivity index (χ3n) is 8.30. The molecule has 1 amide bonds. The number of allylic oxidation sites excluding steroid dienone is 1. The van der Waals surface area contributed by atoms with Gasteiger partial charge < -0.3 is 25.7 Å². The van der Waals surface area contributed by atoms with Crippen LogP contribution in [0.15, 0.2) is 54.6 Å². The first-order valence-corrected chi connectivity index (χ1v) is 16.7. The van der Waals surface area contributed by atoms with E-state index in [1.807, 2.05) is 0 Å². The van der Waals surface area contributed by atoms with Crippen LogP contribution in [0.3, 0.4) is 0 Å². The number of nitrogens with one attached hydrogen (secondary N) is 1. The number of carbonyl (C=O) groups is 5. The highest BCUT2D eigenvalue weighted by Crippen LogP contribution is 2.27. The van der Waals surface area contributed by atoms with Gasteiger partial charge in [-0.1, -0.05) is 81.9 Å². The molecule has 2 rings (SSSR count). The molecule has 0 fully saturated rings. The SMILES string of the molecule is CCCCCCCC(=O)CCCCCCC=C[C@H](C(=O)N[C@@H](Cc1ccc(-c2ccc(F)cc2F)cc1)C(=O)O)[C@@](O)(CC(=O)O)C(=O)O. The zero-order valence-corrected chi connectivity index (χ0v) is 27.8. The Hall–Kier alpha value is -4.45. The summed E-state index contributed by atoms with van der Waals surface area (Å²) in [6.45, 7) is 2.14. The largest absolute Gasteiger partial charge is 0.481 e. The van der Waals surface area contributed by atoms with Crippen LogP contribution in [0.4, 0.5) is 8.78 Å². The standard InChI is InChI=1S/C37H47F2NO9/c1-2-3-4-7-10-13-28(41)14-11-8-5-6-9-12-15-30(37(49,36(47)48)24-33(42)43)34(44)40-32(35(45)46)22-25-16-18-26(19-17-25)29-21-20-27(38)23-31(29)39/h12,15-21,23,30,32,49H,2-11,13-14,22,24H2,1H3,(H,40,44)(H,42,43)(H,45,46)(H,47,48)/t30-,32+,37+/m1/s1. The molecule has 268 valence electrons. The molecule has 0 heterocycles. The molecule has 5 N–H and O–H groups in total. The molecular formula is C37H47F2NO9. The van der Waals surface area contributed by atoms with Crippen LogP contribution < -0.4 is 5.32 Å². The predicted molar refractivity (Wildman–Crippen MR) is 179 cm³/mol. The highest BCUT2D eigenvalue weighted by atomic mass is 19.1. The molecule has 0 radical (unpaired) electrons. The molecule has 0 aliphatic carbocycles. The Balaban J connectivity index is 2.05. The van der Waals surface area contributed by atoms with Crippen LogP contribution in [0.1, 0.15) is 96.0 Å². The number of rotatable bonds is 24. The van der Waals surface area contributed by atoms with Gasteiger partial charge in [0.2, 0.25) is 5.91 Å². The molecular weight excluding hydrogens is 640 g/mol. The van der Waals surface area contributed by atoms with E-state index in [1.165, 1.54) is 42.8 Å². The summed E-state index contributed by atoms with van der Waals surface area (Å²) < 4.78 is 27.5. The van der Waals surface area contributed by atoms with Crippen molar-refractivity contribution in [3.8, 4) is 11.1 Å². The number of aliphatic hydroxyl groups is 1. The molecule has 12 heteroatoms. The first-order chi connectivity index (χ1) is 23.3. The molecule has 49 heavy (non-hydrogen) atoms. The van der Waals surface area contributed by atoms with E-state index < -0.39 is 59.4 Å². The second-order valence-corrected chi connectivity index (χ2v) is 12.3. The fourth-order valence-corrected chi connectivity index (χ4v) is 5.47. The number of amides is 1. The molecule has 0 aromatic heterocycles. The molecule has 0 bridgehead atoms. The van der Waals surface area contributed by atoms with Gasteiger partial charge in [0.15, 0.2) is 5.60 Å². The number of benzene rings is 2. The average Bonchev–Trinajstić information content (AvgIpc) is 3.03. The number of hydrogen-bond acceptors (Lipinski definition) is 6. The maximum atomic E-state index is 14.2. The van der Waals surface area contributed by atoms with Crippen LogP contribution in [0, 0.1) is 17.6 Å². The lowest BCUT2D eigenvalue weighted by Gasteiger charge is -2.29. The van der Waals surface area contributed by atoms with Crippen LogP contribution >= 0.6 is 0 Å². The number of carboxylic acid groups (broad SMARTS) is 3. The fraction of sp³-hybridized carbons (Fsp3) is 0.486. The molecule has 0 spiro atoms. The van der Waals surface area contributed by atoms with Gasteiger partial charge in [0.25, 0.3) is 0 Å². The van der Waals surface area contributed by atoms with Gasteiger partial charge in [0.1, 0.15) is 23.5 Å². The molecule has 0 aliphatic heterocycles. The smallest absolute Gasteiger partial charge is 0.337 e. The maximum Gasteiger partial charge on any atom is 0.337 e. The number of Topliss-reactive ketones (excluding diaryl/α,β-unsaturated/α-hetero) is 1. The maximum absolute atomic E-state index is 14.2. The van der Waals surface area contributed by atoms with Crippen molar-refractivity contribution in [3.63, 3.8) is 0 Å². The van der Waals surface area contributed by atoms with Crippen molar-refractivity contribution in [3.05, 3.63) is 71.8 Å². The second-order valence-electron chi connectivity index (χ2n) is 12.3. The molecule has 3 atom stereocenters. The summed E-state index contributed by atoms with van der Waals surface area (Å²) in [5, 5.41) is 42.0. The van der Waals surface area contributed by atoms with Crippen molar-refractivity contribution in [2.24, 2.45) is 5.92 Å². The first-order valence-electron chi connectivity index (χ1n) is 16.7. The van der Waals surface area contributed by atoms with Crippen LogP contribution in [0.2, 0.25) is 0 Å². The lowest BCUT2D eigenvalue weighted by molar-refractivity contribution is -0.172. The monoisotopic (exact) mass is 687 g/mol. The molecule has 0 aliphatic rings. The Morgan fingerprint density at radius 1 is 0.837 bits per heavy atom. The third kappa shape index (κ3) is 13.9. The zero-order chi connectivity index (χ0) is 36.4. The van der Waals surface area contributed by atoms with Gasteiger partial charge in [0, 0.05) is 30.9 Å². The van der Waals surface area contributed by atoms with E-state index in [0.29, 0.717) is 36.8 Å². The number of unbranched alkanes of at least 4 members (excludes halogenated alkanes) is 8. The van der Waals surface area contributed by atoms with Crippen molar-refractivity contribution in [1.82, 2.24) is 5.32 Å². The minimum Gasteiger partial charge on any atom is -0.481 e. The number of carbonyl (C=O) groups excluding carboxylic acids is 2. The molecule has 2 aromatic carbocycles. The summed E-state index contributed by atoms with van der Waals surface area (Å²) in [5.74, 6) is -9.55. The van der Waals surface area contributed by atoms with E-state index >= 15 is 0 Å². The van der Waals surface area contributed by atoms with Crippen molar-refractivity contribution in [2.45, 2.75) is 108 Å². The summed E-state index contributed by atoms with van der Waals surface area (Å²) in [4.78, 5) is 61.0. The summed E-state index contributed by atoms with van der Waals surface area (Å²) in [5.41, 5.74) is -2.16. The van der Waals surface area contributed by atoms with Crippen molar-refractivity contribution < 1.29 is 53.2 Å². The normalized spacial score (nSPS) is 13.8. The van der Waals surface area contributed by atoms with E-state index in [0.717, 1.165) is 63.2 Å². The van der Waals surface area contributed by atoms with Gasteiger partial charge in [-0.05, 0) is 48.9 Å². The number of halogens is 2. The molecule has 0 unspecified atom stereocenters. The van der Waals surface area contributed by atoms with E-state index in [2.05, 4.69) is 12.2 Å². The van der Waals surface area contributed by atoms with Crippen LogP contribution in [-0.2, 0) is 30.4 Å². The Morgan fingerprint density at radius 2 is 1.45 bits per heavy atom. The second kappa shape index (κ2) is 20.8. The number of aliphatic carboxylic acids is 3. The van der Waals surface area contributed by atoms with Crippen LogP contribution in [0.25, 0.3) is 11.1 Å². The first kappa shape index (κ1) is 40.7. The highest BCUT2D eigenvalue weighted by molar-refractivity contribution is 5.94. The lowest BCUT2D eigenvalue weighted by atomic mass is 9.82. The minimum absolute atomic E-state index is 0.121. The molecule has 10 nitrogen and oxygen atoms in total. The van der Waals surface area contributed by atoms with E-state index in [9.17, 15) is 53.2 Å². The summed E-state index contributed by atoms with van der Waals surface area (Å²) in [6, 6.07) is 7.43. The Morgan fingerprint density at radius 3 is 2.00 bits per heavy atom. The van der Waals surface area contributed by atoms with Gasteiger partial charge in [0.05, 0.1) is 12.3 Å². The topological polar surface area (TPSA) is 178 Å². The lowest BCUT2D eigenvalue weighted by Crippen LogP contribution is -2.55. The average molecular weight is 688 g/mol. The van der Waals surface area contributed by atoms with E-state index in [1.54, 1.807) is 0 Å². The van der Waals surface area contributed by atoms with Gasteiger partial charge in [-0.15, -0.1) is 0 Å². The van der Waals surface area contributed by atoms with Gasteiger partial charge in [-0.2, -0.15) is 0 Å². The van der Waals surface area contributed by atoms with Gasteiger partial charge >= 0.3 is 17.9 Å². The molecule has 0 saturated heterocycles. The quantitative estimate of drug-likeness (QED) is 0.0611. The summed E-state index contributed by atoms with van der Waals surface area (Å²) in [7, 11) is 0. The molecule has 2 aromatic rings. The number of carboxylic acids is 3. The van der Waals surface area contributed by atoms with E-state index in [-0.39, 0.29) is 17.8 Å². The Bertz CT molecular complexity index is 1440. The Labute approximate surface area is 285 Å². The van der Waals surface area contributed by atoms with Crippen molar-refractivity contribution in [1.29, 1.82) is 0 Å². The number of hydrogen-bond donors (Lipinski definition) is 5. The van der Waals surface area contributed by atoms with Crippen LogP contribution in [0.5, 0.6) is 0 Å². The molecule has 0 saturated carbocycles. The van der Waals surface area contributed by atoms with Gasteiger partial charge in [-0.25, -0.2) is 18.4 Å². The number of ketones is 1. The zero-order valence-electron chi connectivity index (χ0n) is 27.8. The summed E-state index contributed by atoms with van der Waals surface area (Å²) in [6.07, 6.45) is 10.7. The predicted octanol–water partition coefficient (Wildman–Crippen LogP) is 6.48. The fourth-order valence-electron chi connectivity index (χ4n) is 5.47. The highest BCUT2D eigenvalue weighted by Gasteiger charge is 2.49. The Kier molecular flexibility index (Phi) is 17.3. The third-order valence-corrected chi connectivity index (χ3v) is 8.30. The van der Waals surface area contributed by atoms with Crippen molar-refractivity contribution >= 4 is 29.6 Å². The van der Waals surface area contributed by atoms with E-state index in [4.69, 9.17) is 0 Å². The van der Waals surface area contributed by atoms with Crippen molar-refractivity contribution in [2.75, 3.05) is 0 Å². The summed E-state index contributed by atoms with van der Waals surface area (Å²) >= 11 is 0. The van der Waals surface area contributed by atoms with Crippen LogP contribution in [-0.4, -0.2) is 61.7 Å². The van der Waals surface area contributed by atoms with Gasteiger partial charge in [-0.3, -0.25) is 14.4 Å².